The van der Waals surface area contributed by atoms with Crippen molar-refractivity contribution >= 4 is 28.3 Å². The van der Waals surface area contributed by atoms with E-state index >= 15 is 0 Å². The third kappa shape index (κ3) is 4.22. The maximum Gasteiger partial charge on any atom is 0.273 e. The number of anilines is 1. The molecule has 0 spiro atoms. The fraction of sp³-hybridized carbons (Fsp3) is 0.421. The van der Waals surface area contributed by atoms with Gasteiger partial charge in [-0.1, -0.05) is 25.0 Å². The molecule has 26 heavy (non-hydrogen) atoms. The van der Waals surface area contributed by atoms with Crippen LogP contribution >= 0.6 is 11.3 Å². The minimum absolute atomic E-state index is 0.0295. The standard InChI is InChI=1S/C19H23N3O3S/c1-13(23)20-19-21-16(12-26-19)18(24)22-11-5-3-4-6-17(22)14-7-9-15(25-2)10-8-14/h7-10,12,17H,3-6,11H2,1-2H3,(H,20,21,23)/t17-/m0/s1. The van der Waals surface area contributed by atoms with Gasteiger partial charge in [0.25, 0.3) is 5.91 Å². The third-order valence-corrected chi connectivity index (χ3v) is 5.28. The van der Waals surface area contributed by atoms with E-state index in [1.54, 1.807) is 12.5 Å². The molecule has 6 nitrogen and oxygen atoms in total. The number of hydrogen-bond donors (Lipinski definition) is 1. The Morgan fingerprint density at radius 3 is 2.69 bits per heavy atom. The average Bonchev–Trinajstić information content (AvgIpc) is 2.96. The van der Waals surface area contributed by atoms with Crippen molar-refractivity contribution in [1.29, 1.82) is 0 Å². The molecular formula is C19H23N3O3S. The van der Waals surface area contributed by atoms with Crippen LogP contribution < -0.4 is 10.1 Å². The molecule has 1 aromatic carbocycles. The largest absolute Gasteiger partial charge is 0.497 e. The Balaban J connectivity index is 1.84. The quantitative estimate of drug-likeness (QED) is 0.883. The molecule has 3 rings (SSSR count). The first-order valence-corrected chi connectivity index (χ1v) is 9.64. The molecule has 2 heterocycles. The van der Waals surface area contributed by atoms with Gasteiger partial charge in [0, 0.05) is 18.8 Å². The number of likely N-dealkylation sites (tertiary alicyclic amines) is 1. The monoisotopic (exact) mass is 373 g/mol. The van der Waals surface area contributed by atoms with Crippen molar-refractivity contribution < 1.29 is 14.3 Å². The van der Waals surface area contributed by atoms with Crippen LogP contribution in [0.25, 0.3) is 0 Å². The molecule has 2 amide bonds. The number of hydrogen-bond acceptors (Lipinski definition) is 5. The lowest BCUT2D eigenvalue weighted by atomic mass is 10.0. The van der Waals surface area contributed by atoms with Gasteiger partial charge in [-0.3, -0.25) is 9.59 Å². The van der Waals surface area contributed by atoms with Gasteiger partial charge in [0.15, 0.2) is 5.13 Å². The van der Waals surface area contributed by atoms with Crippen molar-refractivity contribution in [2.45, 2.75) is 38.6 Å². The summed E-state index contributed by atoms with van der Waals surface area (Å²) in [6.07, 6.45) is 4.13. The smallest absolute Gasteiger partial charge is 0.273 e. The van der Waals surface area contributed by atoms with Crippen molar-refractivity contribution in [3.63, 3.8) is 0 Å². The molecule has 1 aliphatic heterocycles. The molecule has 0 bridgehead atoms. The van der Waals surface area contributed by atoms with Gasteiger partial charge < -0.3 is 15.0 Å². The Bertz CT molecular complexity index is 773. The number of aromatic nitrogens is 1. The van der Waals surface area contributed by atoms with Crippen LogP contribution in [0.15, 0.2) is 29.6 Å². The minimum atomic E-state index is -0.191. The van der Waals surface area contributed by atoms with Gasteiger partial charge in [0.1, 0.15) is 11.4 Å². The number of benzene rings is 1. The molecule has 0 unspecified atom stereocenters. The van der Waals surface area contributed by atoms with Gasteiger partial charge >= 0.3 is 0 Å². The molecule has 1 aliphatic rings. The third-order valence-electron chi connectivity index (χ3n) is 4.52. The summed E-state index contributed by atoms with van der Waals surface area (Å²) in [7, 11) is 1.64. The Labute approximate surface area is 157 Å². The zero-order valence-corrected chi connectivity index (χ0v) is 15.8. The summed E-state index contributed by atoms with van der Waals surface area (Å²) in [4.78, 5) is 30.5. The number of methoxy groups -OCH3 is 1. The van der Waals surface area contributed by atoms with Crippen LogP contribution in [0.5, 0.6) is 5.75 Å². The minimum Gasteiger partial charge on any atom is -0.497 e. The maximum absolute atomic E-state index is 13.1. The van der Waals surface area contributed by atoms with Gasteiger partial charge in [0.2, 0.25) is 5.91 Å². The SMILES string of the molecule is COc1ccc([C@@H]2CCCCCN2C(=O)c2csc(NC(C)=O)n2)cc1. The van der Waals surface area contributed by atoms with E-state index in [4.69, 9.17) is 4.74 Å². The highest BCUT2D eigenvalue weighted by atomic mass is 32.1. The predicted octanol–water partition coefficient (Wildman–Crippen LogP) is 3.87. The number of amides is 2. The van der Waals surface area contributed by atoms with E-state index in [1.165, 1.54) is 18.3 Å². The van der Waals surface area contributed by atoms with E-state index < -0.39 is 0 Å². The summed E-state index contributed by atoms with van der Waals surface area (Å²) in [6, 6.07) is 7.95. The van der Waals surface area contributed by atoms with E-state index in [0.29, 0.717) is 17.4 Å². The lowest BCUT2D eigenvalue weighted by molar-refractivity contribution is -0.114. The first-order chi connectivity index (χ1) is 12.6. The van der Waals surface area contributed by atoms with Crippen LogP contribution in [0.3, 0.4) is 0 Å². The number of carbonyl (C=O) groups is 2. The normalized spacial score (nSPS) is 17.5. The molecule has 0 saturated carbocycles. The van der Waals surface area contributed by atoms with Gasteiger partial charge in [-0.25, -0.2) is 4.98 Å². The summed E-state index contributed by atoms with van der Waals surface area (Å²) in [5.74, 6) is 0.532. The number of nitrogens with zero attached hydrogens (tertiary/aromatic N) is 2. The number of thiazole rings is 1. The van der Waals surface area contributed by atoms with Crippen molar-refractivity contribution in [3.8, 4) is 5.75 Å². The Morgan fingerprint density at radius 1 is 1.23 bits per heavy atom. The lowest BCUT2D eigenvalue weighted by Crippen LogP contribution is -2.35. The molecule has 0 radical (unpaired) electrons. The summed E-state index contributed by atoms with van der Waals surface area (Å²) >= 11 is 1.27. The molecule has 1 aromatic heterocycles. The van der Waals surface area contributed by atoms with Crippen LogP contribution in [-0.4, -0.2) is 35.4 Å². The van der Waals surface area contributed by atoms with Gasteiger partial charge in [-0.2, -0.15) is 0 Å². The highest BCUT2D eigenvalue weighted by Gasteiger charge is 2.29. The molecule has 1 N–H and O–H groups in total. The summed E-state index contributed by atoms with van der Waals surface area (Å²) in [5.41, 5.74) is 1.50. The topological polar surface area (TPSA) is 71.5 Å². The second-order valence-corrected chi connectivity index (χ2v) is 7.21. The predicted molar refractivity (Wildman–Crippen MR) is 102 cm³/mol. The van der Waals surface area contributed by atoms with Gasteiger partial charge in [-0.15, -0.1) is 11.3 Å². The van der Waals surface area contributed by atoms with E-state index in [0.717, 1.165) is 37.0 Å². The Kier molecular flexibility index (Phi) is 5.88. The summed E-state index contributed by atoms with van der Waals surface area (Å²) < 4.78 is 5.24. The van der Waals surface area contributed by atoms with Crippen molar-refractivity contribution in [2.24, 2.45) is 0 Å². The molecule has 7 heteroatoms. The summed E-state index contributed by atoms with van der Waals surface area (Å²) in [6.45, 7) is 2.14. The van der Waals surface area contributed by atoms with Crippen LogP contribution in [0.4, 0.5) is 5.13 Å². The average molecular weight is 373 g/mol. The van der Waals surface area contributed by atoms with Crippen molar-refractivity contribution in [3.05, 3.63) is 40.9 Å². The molecular weight excluding hydrogens is 350 g/mol. The second-order valence-electron chi connectivity index (χ2n) is 6.36. The molecule has 0 aliphatic carbocycles. The van der Waals surface area contributed by atoms with Crippen molar-refractivity contribution in [1.82, 2.24) is 9.88 Å². The van der Waals surface area contributed by atoms with Crippen LogP contribution in [0.1, 0.15) is 54.7 Å². The highest BCUT2D eigenvalue weighted by molar-refractivity contribution is 7.14. The zero-order valence-electron chi connectivity index (χ0n) is 15.0. The van der Waals surface area contributed by atoms with Crippen molar-refractivity contribution in [2.75, 3.05) is 19.0 Å². The Hall–Kier alpha value is -2.41. The molecule has 2 aromatic rings. The lowest BCUT2D eigenvalue weighted by Gasteiger charge is -2.30. The maximum atomic E-state index is 13.1. The number of ether oxygens (including phenoxy) is 1. The molecule has 138 valence electrons. The second kappa shape index (κ2) is 8.31. The first kappa shape index (κ1) is 18.4. The van der Waals surface area contributed by atoms with E-state index in [9.17, 15) is 9.59 Å². The van der Waals surface area contributed by atoms with E-state index in [2.05, 4.69) is 10.3 Å². The fourth-order valence-corrected chi connectivity index (χ4v) is 3.98. The van der Waals surface area contributed by atoms with E-state index in [1.807, 2.05) is 29.2 Å². The van der Waals surface area contributed by atoms with Gasteiger partial charge in [0.05, 0.1) is 13.2 Å². The number of nitrogens with one attached hydrogen (secondary N) is 1. The summed E-state index contributed by atoms with van der Waals surface area (Å²) in [5, 5.41) is 4.80. The molecule has 1 saturated heterocycles. The van der Waals surface area contributed by atoms with Gasteiger partial charge in [-0.05, 0) is 30.5 Å². The van der Waals surface area contributed by atoms with Crippen LogP contribution in [0.2, 0.25) is 0 Å². The number of rotatable bonds is 4. The zero-order chi connectivity index (χ0) is 18.5. The van der Waals surface area contributed by atoms with Crippen LogP contribution in [-0.2, 0) is 4.79 Å². The molecule has 1 fully saturated rings. The molecule has 1 atom stereocenters. The number of carbonyl (C=O) groups excluding carboxylic acids is 2. The van der Waals surface area contributed by atoms with E-state index in [-0.39, 0.29) is 17.9 Å². The first-order valence-electron chi connectivity index (χ1n) is 8.76. The fourth-order valence-electron chi connectivity index (χ4n) is 3.25. The highest BCUT2D eigenvalue weighted by Crippen LogP contribution is 2.32. The van der Waals surface area contributed by atoms with Crippen LogP contribution in [0, 0.1) is 0 Å². The Morgan fingerprint density at radius 2 is 2.00 bits per heavy atom.